The number of fused-ring (bicyclic) bond motifs is 1. The molecule has 1 aliphatic heterocycles. The van der Waals surface area contributed by atoms with E-state index in [-0.39, 0.29) is 24.0 Å². The zero-order valence-electron chi connectivity index (χ0n) is 18.0. The van der Waals surface area contributed by atoms with Crippen molar-refractivity contribution in [2.45, 2.75) is 32.6 Å². The molecule has 1 aromatic carbocycles. The molecule has 0 spiro atoms. The molecule has 1 aliphatic rings. The molecule has 1 fully saturated rings. The second-order valence-electron chi connectivity index (χ2n) is 8.03. The maximum Gasteiger partial charge on any atom is 0.193 e. The predicted molar refractivity (Wildman–Crippen MR) is 135 cm³/mol. The lowest BCUT2D eigenvalue weighted by Gasteiger charge is -2.21. The van der Waals surface area contributed by atoms with Crippen molar-refractivity contribution in [1.29, 1.82) is 0 Å². The molecule has 162 valence electrons. The maximum atomic E-state index is 4.93. The van der Waals surface area contributed by atoms with Crippen LogP contribution in [0.5, 0.6) is 0 Å². The minimum atomic E-state index is 0. The Hall–Kier alpha value is -2.03. The van der Waals surface area contributed by atoms with Gasteiger partial charge in [0.2, 0.25) is 0 Å². The van der Waals surface area contributed by atoms with Gasteiger partial charge in [0.15, 0.2) is 5.96 Å². The molecule has 4 rings (SSSR count). The van der Waals surface area contributed by atoms with E-state index < -0.39 is 0 Å². The van der Waals surface area contributed by atoms with E-state index in [0.29, 0.717) is 5.92 Å². The molecule has 0 bridgehead atoms. The van der Waals surface area contributed by atoms with Gasteiger partial charge in [-0.2, -0.15) is 5.10 Å². The third kappa shape index (κ3) is 5.56. The highest BCUT2D eigenvalue weighted by molar-refractivity contribution is 14.0. The zero-order valence-corrected chi connectivity index (χ0v) is 20.3. The number of benzene rings is 1. The predicted octanol–water partition coefficient (Wildman–Crippen LogP) is 3.98. The Balaban J connectivity index is 0.00000256. The van der Waals surface area contributed by atoms with Crippen LogP contribution in [0.1, 0.15) is 30.9 Å². The van der Waals surface area contributed by atoms with Crippen molar-refractivity contribution in [3.8, 4) is 0 Å². The Morgan fingerprint density at radius 3 is 3.00 bits per heavy atom. The van der Waals surface area contributed by atoms with E-state index in [1.54, 1.807) is 0 Å². The lowest BCUT2D eigenvalue weighted by Crippen LogP contribution is -2.40. The number of hydrogen-bond acceptors (Lipinski definition) is 2. The van der Waals surface area contributed by atoms with Crippen LogP contribution in [0.4, 0.5) is 0 Å². The number of aliphatic imine (C=N–C) groups is 1. The number of aromatic amines is 1. The van der Waals surface area contributed by atoms with Gasteiger partial charge in [-0.3, -0.25) is 9.67 Å². The fourth-order valence-corrected chi connectivity index (χ4v) is 4.32. The van der Waals surface area contributed by atoms with E-state index >= 15 is 0 Å². The van der Waals surface area contributed by atoms with Crippen LogP contribution in [0, 0.1) is 5.92 Å². The number of halogens is 1. The summed E-state index contributed by atoms with van der Waals surface area (Å²) in [4.78, 5) is 10.7. The van der Waals surface area contributed by atoms with E-state index in [2.05, 4.69) is 63.9 Å². The Morgan fingerprint density at radius 2 is 2.20 bits per heavy atom. The van der Waals surface area contributed by atoms with E-state index in [1.807, 2.05) is 17.9 Å². The maximum absolute atomic E-state index is 4.93. The summed E-state index contributed by atoms with van der Waals surface area (Å²) in [6, 6.07) is 8.51. The highest BCUT2D eigenvalue weighted by Gasteiger charge is 2.25. The van der Waals surface area contributed by atoms with Crippen LogP contribution in [0.2, 0.25) is 0 Å². The molecular weight excluding hydrogens is 487 g/mol. The summed E-state index contributed by atoms with van der Waals surface area (Å²) >= 11 is 0. The van der Waals surface area contributed by atoms with Crippen molar-refractivity contribution < 1.29 is 0 Å². The first-order valence-electron chi connectivity index (χ1n) is 10.8. The van der Waals surface area contributed by atoms with Crippen molar-refractivity contribution in [2.75, 3.05) is 26.2 Å². The monoisotopic (exact) mass is 520 g/mol. The molecule has 0 saturated carbocycles. The molecular formula is C23H33IN6. The highest BCUT2D eigenvalue weighted by atomic mass is 127. The molecule has 30 heavy (non-hydrogen) atoms. The van der Waals surface area contributed by atoms with Gasteiger partial charge in [0.1, 0.15) is 0 Å². The number of hydrogen-bond donors (Lipinski definition) is 2. The number of nitrogens with zero attached hydrogens (tertiary/aromatic N) is 4. The quantitative estimate of drug-likeness (QED) is 0.215. The van der Waals surface area contributed by atoms with Crippen LogP contribution in [-0.4, -0.2) is 51.8 Å². The van der Waals surface area contributed by atoms with Crippen molar-refractivity contribution in [2.24, 2.45) is 18.0 Å². The summed E-state index contributed by atoms with van der Waals surface area (Å²) in [5.41, 5.74) is 3.94. The number of nitrogens with one attached hydrogen (secondary N) is 2. The molecule has 0 radical (unpaired) electrons. The molecule has 3 aromatic rings. The van der Waals surface area contributed by atoms with E-state index in [9.17, 15) is 0 Å². The molecule has 6 nitrogen and oxygen atoms in total. The summed E-state index contributed by atoms with van der Waals surface area (Å²) in [5, 5.41) is 9.12. The molecule has 0 aliphatic carbocycles. The van der Waals surface area contributed by atoms with Crippen molar-refractivity contribution in [3.63, 3.8) is 0 Å². The van der Waals surface area contributed by atoms with Gasteiger partial charge in [-0.15, -0.1) is 24.0 Å². The standard InChI is InChI=1S/C23H32N6.HI/c1-3-24-23(29-12-10-18(17-29)13-19-14-27-28(2)16-19)25-11-6-7-20-15-26-22-9-5-4-8-21(20)22;/h4-5,8-9,14-16,18,26H,3,6-7,10-13,17H2,1-2H3,(H,24,25);1H. The minimum absolute atomic E-state index is 0. The first-order chi connectivity index (χ1) is 14.2. The summed E-state index contributed by atoms with van der Waals surface area (Å²) < 4.78 is 1.89. The second kappa shape index (κ2) is 10.8. The molecule has 7 heteroatoms. The van der Waals surface area contributed by atoms with Gasteiger partial charge in [0.05, 0.1) is 6.20 Å². The van der Waals surface area contributed by atoms with Crippen LogP contribution in [0.25, 0.3) is 10.9 Å². The topological polar surface area (TPSA) is 61.2 Å². The number of aromatic nitrogens is 3. The summed E-state index contributed by atoms with van der Waals surface area (Å²) in [6.07, 6.45) is 10.7. The average Bonchev–Trinajstić information content (AvgIpc) is 3.45. The number of H-pyrrole nitrogens is 1. The van der Waals surface area contributed by atoms with Gasteiger partial charge >= 0.3 is 0 Å². The van der Waals surface area contributed by atoms with Crippen molar-refractivity contribution >= 4 is 40.8 Å². The summed E-state index contributed by atoms with van der Waals surface area (Å²) in [6.45, 7) is 6.06. The Bertz CT molecular complexity index is 959. The first-order valence-corrected chi connectivity index (χ1v) is 10.8. The molecule has 0 amide bonds. The van der Waals surface area contributed by atoms with Gasteiger partial charge in [-0.05, 0) is 55.7 Å². The first kappa shape index (κ1) is 22.7. The van der Waals surface area contributed by atoms with Gasteiger partial charge in [-0.25, -0.2) is 0 Å². The molecule has 3 heterocycles. The van der Waals surface area contributed by atoms with Gasteiger partial charge in [0.25, 0.3) is 0 Å². The lowest BCUT2D eigenvalue weighted by atomic mass is 10.0. The summed E-state index contributed by atoms with van der Waals surface area (Å²) in [7, 11) is 1.98. The number of para-hydroxylation sites is 1. The van der Waals surface area contributed by atoms with E-state index in [0.717, 1.165) is 51.4 Å². The van der Waals surface area contributed by atoms with Crippen LogP contribution in [-0.2, 0) is 19.9 Å². The largest absolute Gasteiger partial charge is 0.361 e. The third-order valence-corrected chi connectivity index (χ3v) is 5.74. The molecule has 1 atom stereocenters. The van der Waals surface area contributed by atoms with Crippen molar-refractivity contribution in [3.05, 3.63) is 54.0 Å². The Labute approximate surface area is 196 Å². The number of aryl methyl sites for hydroxylation is 2. The van der Waals surface area contributed by atoms with Crippen LogP contribution in [0.15, 0.2) is 47.8 Å². The van der Waals surface area contributed by atoms with Gasteiger partial charge in [-0.1, -0.05) is 18.2 Å². The number of rotatable bonds is 7. The molecule has 2 aromatic heterocycles. The Kier molecular flexibility index (Phi) is 8.18. The minimum Gasteiger partial charge on any atom is -0.361 e. The van der Waals surface area contributed by atoms with Crippen LogP contribution >= 0.6 is 24.0 Å². The molecule has 1 unspecified atom stereocenters. The van der Waals surface area contributed by atoms with Crippen molar-refractivity contribution in [1.82, 2.24) is 25.0 Å². The lowest BCUT2D eigenvalue weighted by molar-refractivity contribution is 0.459. The van der Waals surface area contributed by atoms with Crippen LogP contribution in [0.3, 0.4) is 0 Å². The van der Waals surface area contributed by atoms with E-state index in [1.165, 1.54) is 28.5 Å². The Morgan fingerprint density at radius 1 is 1.33 bits per heavy atom. The summed E-state index contributed by atoms with van der Waals surface area (Å²) in [5.74, 6) is 1.74. The average molecular weight is 520 g/mol. The molecule has 2 N–H and O–H groups in total. The SMILES string of the molecule is CCNC(=NCCCc1c[nH]c2ccccc12)N1CCC(Cc2cnn(C)c2)C1.I. The smallest absolute Gasteiger partial charge is 0.193 e. The molecule has 1 saturated heterocycles. The van der Waals surface area contributed by atoms with E-state index in [4.69, 9.17) is 4.99 Å². The number of guanidine groups is 1. The fraction of sp³-hybridized carbons (Fsp3) is 0.478. The zero-order chi connectivity index (χ0) is 20.1. The second-order valence-corrected chi connectivity index (χ2v) is 8.03. The normalized spacial score (nSPS) is 16.8. The number of likely N-dealkylation sites (tertiary alicyclic amines) is 1. The van der Waals surface area contributed by atoms with Gasteiger partial charge < -0.3 is 15.2 Å². The van der Waals surface area contributed by atoms with Crippen LogP contribution < -0.4 is 5.32 Å². The fourth-order valence-electron chi connectivity index (χ4n) is 4.32. The highest BCUT2D eigenvalue weighted by Crippen LogP contribution is 2.21. The van der Waals surface area contributed by atoms with Gasteiger partial charge in [0, 0.05) is 56.5 Å². The third-order valence-electron chi connectivity index (χ3n) is 5.74.